The lowest BCUT2D eigenvalue weighted by Gasteiger charge is -2.08. The Kier molecular flexibility index (Phi) is 3.42. The van der Waals surface area contributed by atoms with Crippen molar-refractivity contribution in [2.75, 3.05) is 32.5 Å². The molecule has 0 atom stereocenters. The maximum Gasteiger partial charge on any atom is 0.297 e. The van der Waals surface area contributed by atoms with Crippen molar-refractivity contribution in [3.05, 3.63) is 28.3 Å². The number of fused-ring (bicyclic) bond motifs is 1. The fourth-order valence-corrected chi connectivity index (χ4v) is 1.65. The average Bonchev–Trinajstić information content (AvgIpc) is 2.70. The van der Waals surface area contributed by atoms with Crippen LogP contribution in [0.2, 0.25) is 0 Å². The number of hydrogen-bond donors (Lipinski definition) is 2. The van der Waals surface area contributed by atoms with E-state index in [2.05, 4.69) is 15.3 Å². The van der Waals surface area contributed by atoms with E-state index >= 15 is 0 Å². The number of nitrogens with zero attached hydrogens (tertiary/aromatic N) is 3. The number of imidazole rings is 1. The van der Waals surface area contributed by atoms with Crippen LogP contribution < -0.4 is 5.32 Å². The van der Waals surface area contributed by atoms with E-state index in [9.17, 15) is 10.1 Å². The predicted octanol–water partition coefficient (Wildman–Crippen LogP) is 1.44. The van der Waals surface area contributed by atoms with Gasteiger partial charge in [-0.15, -0.1) is 0 Å². The molecule has 0 saturated heterocycles. The van der Waals surface area contributed by atoms with E-state index in [1.165, 1.54) is 6.07 Å². The van der Waals surface area contributed by atoms with Crippen LogP contribution in [0.15, 0.2) is 18.2 Å². The molecule has 1 heterocycles. The van der Waals surface area contributed by atoms with Crippen LogP contribution in [0.4, 0.5) is 11.6 Å². The number of benzene rings is 1. The molecule has 0 saturated carbocycles. The van der Waals surface area contributed by atoms with E-state index in [-0.39, 0.29) is 5.69 Å². The molecule has 0 radical (unpaired) electrons. The van der Waals surface area contributed by atoms with Gasteiger partial charge in [0, 0.05) is 19.2 Å². The third kappa shape index (κ3) is 2.57. The van der Waals surface area contributed by atoms with Gasteiger partial charge in [-0.1, -0.05) is 6.07 Å². The molecule has 2 rings (SSSR count). The lowest BCUT2D eigenvalue weighted by molar-refractivity contribution is -0.383. The van der Waals surface area contributed by atoms with Crippen molar-refractivity contribution in [2.45, 2.75) is 0 Å². The van der Waals surface area contributed by atoms with Crippen molar-refractivity contribution in [3.8, 4) is 0 Å². The SMILES string of the molecule is CN(C)CCNc1nc2c([N+](=O)[O-])cccc2[nH]1. The summed E-state index contributed by atoms with van der Waals surface area (Å²) in [5.41, 5.74) is 1.07. The van der Waals surface area contributed by atoms with Crippen LogP contribution in [0, 0.1) is 10.1 Å². The summed E-state index contributed by atoms with van der Waals surface area (Å²) in [4.78, 5) is 19.7. The van der Waals surface area contributed by atoms with Gasteiger partial charge in [-0.2, -0.15) is 0 Å². The minimum absolute atomic E-state index is 0.0180. The van der Waals surface area contributed by atoms with Gasteiger partial charge in [0.15, 0.2) is 5.52 Å². The van der Waals surface area contributed by atoms with Crippen molar-refractivity contribution in [1.82, 2.24) is 14.9 Å². The van der Waals surface area contributed by atoms with Gasteiger partial charge in [0.2, 0.25) is 5.95 Å². The second-order valence-electron chi connectivity index (χ2n) is 4.25. The number of para-hydroxylation sites is 1. The maximum absolute atomic E-state index is 10.9. The fraction of sp³-hybridized carbons (Fsp3) is 0.364. The first-order chi connectivity index (χ1) is 8.58. The normalized spacial score (nSPS) is 11.1. The van der Waals surface area contributed by atoms with Crippen molar-refractivity contribution in [2.24, 2.45) is 0 Å². The number of nitro benzene ring substituents is 1. The number of anilines is 1. The van der Waals surface area contributed by atoms with E-state index in [1.807, 2.05) is 19.0 Å². The molecule has 0 aliphatic rings. The van der Waals surface area contributed by atoms with Crippen LogP contribution in [-0.2, 0) is 0 Å². The van der Waals surface area contributed by atoms with Crippen molar-refractivity contribution >= 4 is 22.7 Å². The van der Waals surface area contributed by atoms with Crippen LogP contribution in [0.25, 0.3) is 11.0 Å². The summed E-state index contributed by atoms with van der Waals surface area (Å²) < 4.78 is 0. The van der Waals surface area contributed by atoms with Gasteiger partial charge in [0.25, 0.3) is 5.69 Å². The molecule has 0 bridgehead atoms. The Labute approximate surface area is 104 Å². The first-order valence-electron chi connectivity index (χ1n) is 5.59. The number of hydrogen-bond acceptors (Lipinski definition) is 5. The molecule has 7 heteroatoms. The standard InChI is InChI=1S/C11H15N5O2/c1-15(2)7-6-12-11-13-8-4-3-5-9(16(17)18)10(8)14-11/h3-5H,6-7H2,1-2H3,(H2,12,13,14). The zero-order valence-electron chi connectivity index (χ0n) is 10.3. The van der Waals surface area contributed by atoms with Gasteiger partial charge in [0.05, 0.1) is 10.4 Å². The monoisotopic (exact) mass is 249 g/mol. The topological polar surface area (TPSA) is 87.1 Å². The summed E-state index contributed by atoms with van der Waals surface area (Å²) in [6, 6.07) is 4.86. The van der Waals surface area contributed by atoms with Crippen molar-refractivity contribution < 1.29 is 4.92 Å². The Morgan fingerprint density at radius 3 is 2.94 bits per heavy atom. The molecule has 1 aromatic carbocycles. The molecule has 0 amide bonds. The maximum atomic E-state index is 10.9. The molecule has 18 heavy (non-hydrogen) atoms. The summed E-state index contributed by atoms with van der Waals surface area (Å²) in [6.07, 6.45) is 0. The molecule has 96 valence electrons. The highest BCUT2D eigenvalue weighted by molar-refractivity contribution is 5.86. The first kappa shape index (κ1) is 12.3. The minimum Gasteiger partial charge on any atom is -0.355 e. The van der Waals surface area contributed by atoms with Crippen LogP contribution in [0.5, 0.6) is 0 Å². The molecule has 2 N–H and O–H groups in total. The third-order valence-corrected chi connectivity index (χ3v) is 2.54. The predicted molar refractivity (Wildman–Crippen MR) is 69.8 cm³/mol. The Morgan fingerprint density at radius 1 is 1.50 bits per heavy atom. The molecular formula is C11H15N5O2. The number of aromatic amines is 1. The van der Waals surface area contributed by atoms with Gasteiger partial charge in [-0.05, 0) is 20.2 Å². The number of non-ortho nitro benzene ring substituents is 1. The molecule has 0 aliphatic carbocycles. The minimum atomic E-state index is -0.424. The van der Waals surface area contributed by atoms with Crippen LogP contribution >= 0.6 is 0 Å². The van der Waals surface area contributed by atoms with Gasteiger partial charge in [-0.3, -0.25) is 10.1 Å². The largest absolute Gasteiger partial charge is 0.355 e. The Balaban J connectivity index is 2.22. The zero-order chi connectivity index (χ0) is 13.1. The van der Waals surface area contributed by atoms with Gasteiger partial charge in [0.1, 0.15) is 0 Å². The van der Waals surface area contributed by atoms with Crippen LogP contribution in [0.3, 0.4) is 0 Å². The van der Waals surface area contributed by atoms with Crippen molar-refractivity contribution in [3.63, 3.8) is 0 Å². The smallest absolute Gasteiger partial charge is 0.297 e. The highest BCUT2D eigenvalue weighted by Crippen LogP contribution is 2.24. The molecule has 0 fully saturated rings. The van der Waals surface area contributed by atoms with E-state index in [0.29, 0.717) is 17.0 Å². The summed E-state index contributed by atoms with van der Waals surface area (Å²) >= 11 is 0. The lowest BCUT2D eigenvalue weighted by Crippen LogP contribution is -2.21. The fourth-order valence-electron chi connectivity index (χ4n) is 1.65. The van der Waals surface area contributed by atoms with Gasteiger partial charge >= 0.3 is 0 Å². The van der Waals surface area contributed by atoms with Crippen molar-refractivity contribution in [1.29, 1.82) is 0 Å². The van der Waals surface area contributed by atoms with E-state index < -0.39 is 4.92 Å². The van der Waals surface area contributed by atoms with Gasteiger partial charge in [-0.25, -0.2) is 4.98 Å². The Bertz CT molecular complexity index is 564. The second kappa shape index (κ2) is 5.01. The molecule has 1 aromatic heterocycles. The number of nitrogens with one attached hydrogen (secondary N) is 2. The first-order valence-corrected chi connectivity index (χ1v) is 5.59. The molecule has 7 nitrogen and oxygen atoms in total. The van der Waals surface area contributed by atoms with Gasteiger partial charge < -0.3 is 15.2 Å². The summed E-state index contributed by atoms with van der Waals surface area (Å²) in [7, 11) is 3.95. The molecular weight excluding hydrogens is 234 g/mol. The number of H-pyrrole nitrogens is 1. The highest BCUT2D eigenvalue weighted by Gasteiger charge is 2.14. The van der Waals surface area contributed by atoms with Crippen LogP contribution in [0.1, 0.15) is 0 Å². The summed E-state index contributed by atoms with van der Waals surface area (Å²) in [5.74, 6) is 0.557. The molecule has 0 aliphatic heterocycles. The number of aromatic nitrogens is 2. The Hall–Kier alpha value is -2.15. The molecule has 2 aromatic rings. The number of likely N-dealkylation sites (N-methyl/N-ethyl adjacent to an activating group) is 1. The van der Waals surface area contributed by atoms with E-state index in [4.69, 9.17) is 0 Å². The van der Waals surface area contributed by atoms with Crippen LogP contribution in [-0.4, -0.2) is 47.0 Å². The summed E-state index contributed by atoms with van der Waals surface area (Å²) in [6.45, 7) is 1.58. The highest BCUT2D eigenvalue weighted by atomic mass is 16.6. The third-order valence-electron chi connectivity index (χ3n) is 2.54. The number of rotatable bonds is 5. The average molecular weight is 249 g/mol. The quantitative estimate of drug-likeness (QED) is 0.618. The zero-order valence-corrected chi connectivity index (χ0v) is 10.3. The number of nitro groups is 1. The van der Waals surface area contributed by atoms with E-state index in [1.54, 1.807) is 12.1 Å². The molecule has 0 spiro atoms. The Morgan fingerprint density at radius 2 is 2.28 bits per heavy atom. The molecule has 0 unspecified atom stereocenters. The lowest BCUT2D eigenvalue weighted by atomic mass is 10.3. The summed E-state index contributed by atoms with van der Waals surface area (Å²) in [5, 5.41) is 14.0. The second-order valence-corrected chi connectivity index (χ2v) is 4.25. The van der Waals surface area contributed by atoms with E-state index in [0.717, 1.165) is 13.1 Å².